The molecule has 0 spiro atoms. The van der Waals surface area contributed by atoms with Crippen molar-refractivity contribution in [3.8, 4) is 33.4 Å². The van der Waals surface area contributed by atoms with Crippen LogP contribution in [0.5, 0.6) is 0 Å². The number of fused-ring (bicyclic) bond motifs is 7. The van der Waals surface area contributed by atoms with Gasteiger partial charge in [0.1, 0.15) is 33.7 Å². The van der Waals surface area contributed by atoms with Crippen LogP contribution in [-0.2, 0) is 0 Å². The van der Waals surface area contributed by atoms with E-state index in [4.69, 9.17) is 18.7 Å². The molecule has 0 amide bonds. The van der Waals surface area contributed by atoms with Gasteiger partial charge < -0.3 is 18.7 Å². The summed E-state index contributed by atoms with van der Waals surface area (Å²) in [6, 6.07) is 35.7. The fourth-order valence-electron chi connectivity index (χ4n) is 6.41. The average Bonchev–Trinajstić information content (AvgIpc) is 3.73. The molecule has 5 heteroatoms. The first-order valence-electron chi connectivity index (χ1n) is 14.5. The first-order valence-corrected chi connectivity index (χ1v) is 14.5. The van der Waals surface area contributed by atoms with Gasteiger partial charge in [-0.1, -0.05) is 42.5 Å². The van der Waals surface area contributed by atoms with E-state index >= 15 is 0 Å². The highest BCUT2D eigenvalue weighted by atomic mass is 16.3. The van der Waals surface area contributed by atoms with Crippen LogP contribution in [0.1, 0.15) is 11.3 Å². The van der Waals surface area contributed by atoms with Gasteiger partial charge in [-0.25, -0.2) is 0 Å². The monoisotopic (exact) mass is 568 g/mol. The SMILES string of the molecule is Cc1oc2ccc(-c3cccc(-c4ccc5oc6ccc(-c7ccc8oc9ccncc9c8c7)cc6c5c4)c3)cc2c1C=N. The Morgan fingerprint density at radius 2 is 0.955 bits per heavy atom. The topological polar surface area (TPSA) is 76.2 Å². The number of rotatable bonds is 4. The van der Waals surface area contributed by atoms with Gasteiger partial charge in [0.2, 0.25) is 0 Å². The molecule has 4 heterocycles. The van der Waals surface area contributed by atoms with E-state index in [2.05, 4.69) is 89.9 Å². The molecule has 5 nitrogen and oxygen atoms in total. The molecule has 9 rings (SSSR count). The first-order chi connectivity index (χ1) is 21.6. The Bertz CT molecular complexity index is 2600. The molecule has 0 saturated heterocycles. The Hall–Kier alpha value is -5.94. The van der Waals surface area contributed by atoms with Crippen LogP contribution in [0, 0.1) is 12.3 Å². The van der Waals surface area contributed by atoms with Crippen molar-refractivity contribution in [1.82, 2.24) is 4.98 Å². The summed E-state index contributed by atoms with van der Waals surface area (Å²) in [5.41, 5.74) is 11.7. The Labute approximate surface area is 251 Å². The molecule has 44 heavy (non-hydrogen) atoms. The van der Waals surface area contributed by atoms with E-state index in [1.54, 1.807) is 6.20 Å². The molecule has 1 N–H and O–H groups in total. The Morgan fingerprint density at radius 1 is 0.500 bits per heavy atom. The van der Waals surface area contributed by atoms with Crippen molar-refractivity contribution < 1.29 is 13.3 Å². The van der Waals surface area contributed by atoms with Gasteiger partial charge in [0, 0.05) is 51.1 Å². The minimum absolute atomic E-state index is 0.762. The van der Waals surface area contributed by atoms with E-state index in [0.717, 1.165) is 99.6 Å². The molecule has 0 radical (unpaired) electrons. The van der Waals surface area contributed by atoms with Crippen molar-refractivity contribution in [1.29, 1.82) is 5.41 Å². The van der Waals surface area contributed by atoms with E-state index in [1.165, 1.54) is 6.21 Å². The third-order valence-electron chi connectivity index (χ3n) is 8.66. The van der Waals surface area contributed by atoms with Crippen molar-refractivity contribution in [2.75, 3.05) is 0 Å². The van der Waals surface area contributed by atoms with Gasteiger partial charge in [0.05, 0.1) is 0 Å². The molecule has 0 saturated carbocycles. The molecule has 0 aliphatic carbocycles. The molecular formula is C39H24N2O3. The lowest BCUT2D eigenvalue weighted by Gasteiger charge is -2.07. The molecule has 208 valence electrons. The molecular weight excluding hydrogens is 544 g/mol. The van der Waals surface area contributed by atoms with Gasteiger partial charge >= 0.3 is 0 Å². The van der Waals surface area contributed by atoms with Crippen LogP contribution in [-0.4, -0.2) is 11.2 Å². The lowest BCUT2D eigenvalue weighted by molar-refractivity contribution is 0.578. The highest BCUT2D eigenvalue weighted by Crippen LogP contribution is 2.38. The summed E-state index contributed by atoms with van der Waals surface area (Å²) < 4.78 is 18.1. The molecule has 0 atom stereocenters. The van der Waals surface area contributed by atoms with Crippen LogP contribution in [0.15, 0.2) is 129 Å². The fraction of sp³-hybridized carbons (Fsp3) is 0.0256. The molecule has 4 aromatic heterocycles. The van der Waals surface area contributed by atoms with E-state index in [9.17, 15) is 0 Å². The summed E-state index contributed by atoms with van der Waals surface area (Å²) in [4.78, 5) is 4.30. The third kappa shape index (κ3) is 3.73. The number of nitrogens with zero attached hydrogens (tertiary/aromatic N) is 1. The van der Waals surface area contributed by atoms with Gasteiger partial charge in [0.25, 0.3) is 0 Å². The zero-order chi connectivity index (χ0) is 29.4. The van der Waals surface area contributed by atoms with E-state index < -0.39 is 0 Å². The molecule has 0 aliphatic rings. The number of aryl methyl sites for hydroxylation is 1. The first kappa shape index (κ1) is 24.6. The number of hydrogen-bond acceptors (Lipinski definition) is 5. The second kappa shape index (κ2) is 9.28. The van der Waals surface area contributed by atoms with Crippen molar-refractivity contribution >= 4 is 61.1 Å². The number of pyridine rings is 1. The quantitative estimate of drug-likeness (QED) is 0.214. The highest BCUT2D eigenvalue weighted by molar-refractivity contribution is 6.09. The van der Waals surface area contributed by atoms with Gasteiger partial charge in [0.15, 0.2) is 0 Å². The molecule has 0 unspecified atom stereocenters. The normalized spacial score (nSPS) is 11.8. The molecule has 0 fully saturated rings. The lowest BCUT2D eigenvalue weighted by atomic mass is 9.96. The minimum atomic E-state index is 0.762. The summed E-state index contributed by atoms with van der Waals surface area (Å²) in [7, 11) is 0. The average molecular weight is 569 g/mol. The van der Waals surface area contributed by atoms with Crippen LogP contribution in [0.3, 0.4) is 0 Å². The number of aromatic nitrogens is 1. The largest absolute Gasteiger partial charge is 0.461 e. The van der Waals surface area contributed by atoms with E-state index in [1.807, 2.05) is 31.3 Å². The van der Waals surface area contributed by atoms with Crippen molar-refractivity contribution in [2.45, 2.75) is 6.92 Å². The maximum absolute atomic E-state index is 7.83. The highest BCUT2D eigenvalue weighted by Gasteiger charge is 2.14. The maximum atomic E-state index is 7.83. The molecule has 0 aliphatic heterocycles. The lowest BCUT2D eigenvalue weighted by Crippen LogP contribution is -1.83. The van der Waals surface area contributed by atoms with E-state index in [0.29, 0.717) is 0 Å². The zero-order valence-electron chi connectivity index (χ0n) is 23.7. The van der Waals surface area contributed by atoms with Crippen LogP contribution >= 0.6 is 0 Å². The summed E-state index contributed by atoms with van der Waals surface area (Å²) in [6.07, 6.45) is 4.98. The van der Waals surface area contributed by atoms with Gasteiger partial charge in [-0.15, -0.1) is 0 Å². The third-order valence-corrected chi connectivity index (χ3v) is 8.66. The molecule has 9 aromatic rings. The van der Waals surface area contributed by atoms with Gasteiger partial charge in [-0.2, -0.15) is 0 Å². The second-order valence-electron chi connectivity index (χ2n) is 11.2. The van der Waals surface area contributed by atoms with Crippen molar-refractivity contribution in [3.63, 3.8) is 0 Å². The maximum Gasteiger partial charge on any atom is 0.138 e. The zero-order valence-corrected chi connectivity index (χ0v) is 23.7. The minimum Gasteiger partial charge on any atom is -0.461 e. The smallest absolute Gasteiger partial charge is 0.138 e. The second-order valence-corrected chi connectivity index (χ2v) is 11.2. The van der Waals surface area contributed by atoms with Crippen LogP contribution in [0.2, 0.25) is 0 Å². The summed E-state index contributed by atoms with van der Waals surface area (Å²) >= 11 is 0. The predicted molar refractivity (Wildman–Crippen MR) is 177 cm³/mol. The predicted octanol–water partition coefficient (Wildman–Crippen LogP) is 10.9. The van der Waals surface area contributed by atoms with Crippen LogP contribution in [0.25, 0.3) is 88.2 Å². The fourth-order valence-corrected chi connectivity index (χ4v) is 6.41. The van der Waals surface area contributed by atoms with Crippen molar-refractivity contribution in [2.24, 2.45) is 0 Å². The standard InChI is InChI=1S/C39H24N2O3/c1-22-33(20-40)31-18-26(5-9-35(31)42-22)24-4-2-3-23(15-24)25-6-10-36-29(16-25)30-17-27(7-11-37(30)43-36)28-8-12-38-32(19-28)34-21-41-14-13-39(34)44-38/h2-21,40H,1H3. The summed E-state index contributed by atoms with van der Waals surface area (Å²) in [5, 5.41) is 13.0. The van der Waals surface area contributed by atoms with Crippen LogP contribution < -0.4 is 0 Å². The summed E-state index contributed by atoms with van der Waals surface area (Å²) in [6.45, 7) is 1.90. The number of furan rings is 3. The number of nitrogens with one attached hydrogen (secondary N) is 1. The van der Waals surface area contributed by atoms with Gasteiger partial charge in [-0.05, 0) is 101 Å². The Kier molecular flexibility index (Phi) is 5.20. The van der Waals surface area contributed by atoms with Gasteiger partial charge in [-0.3, -0.25) is 4.98 Å². The number of hydrogen-bond donors (Lipinski definition) is 1. The number of benzene rings is 5. The Balaban J connectivity index is 1.13. The Morgan fingerprint density at radius 3 is 1.50 bits per heavy atom. The van der Waals surface area contributed by atoms with Crippen molar-refractivity contribution in [3.05, 3.63) is 127 Å². The van der Waals surface area contributed by atoms with E-state index in [-0.39, 0.29) is 0 Å². The summed E-state index contributed by atoms with van der Waals surface area (Å²) in [5.74, 6) is 0.762. The molecule has 0 bridgehead atoms. The van der Waals surface area contributed by atoms with Crippen LogP contribution in [0.4, 0.5) is 0 Å². The molecule has 5 aromatic carbocycles.